The molecule has 1 aliphatic carbocycles. The molecule has 1 atom stereocenters. The number of benzene rings is 1. The molecule has 0 aromatic heterocycles. The Morgan fingerprint density at radius 1 is 1.12 bits per heavy atom. The van der Waals surface area contributed by atoms with E-state index in [4.69, 9.17) is 4.74 Å². The molecule has 1 amide bonds. The Kier molecular flexibility index (Phi) is 5.68. The molecule has 0 radical (unpaired) electrons. The Labute approximate surface area is 151 Å². The topological polar surface area (TPSA) is 80.8 Å². The van der Waals surface area contributed by atoms with Crippen molar-refractivity contribution in [2.45, 2.75) is 36.2 Å². The summed E-state index contributed by atoms with van der Waals surface area (Å²) in [6, 6.07) is 9.31. The number of carbonyl (C=O) groups is 2. The van der Waals surface area contributed by atoms with Gasteiger partial charge in [0.15, 0.2) is 16.4 Å². The normalized spacial score (nSPS) is 21.7. The third kappa shape index (κ3) is 5.22. The number of hydrogen-bond donors (Lipinski definition) is 0. The van der Waals surface area contributed by atoms with Crippen molar-refractivity contribution in [1.82, 2.24) is 4.90 Å². The maximum atomic E-state index is 12.4. The summed E-state index contributed by atoms with van der Waals surface area (Å²) in [6.45, 7) is -0.318. The van der Waals surface area contributed by atoms with Gasteiger partial charge in [-0.25, -0.2) is 8.42 Å². The van der Waals surface area contributed by atoms with Crippen molar-refractivity contribution in [2.24, 2.45) is 0 Å². The van der Waals surface area contributed by atoms with E-state index in [0.29, 0.717) is 6.42 Å². The standard InChI is InChI=1S/C17H21NO5S2/c19-16(10-23-17(20)11-24-15-4-2-1-3-5-15)18(13-6-7-13)14-8-9-25(21,22)12-14/h1-5,13-14H,6-12H2/t14-/m1/s1. The summed E-state index contributed by atoms with van der Waals surface area (Å²) in [5.41, 5.74) is 0. The van der Waals surface area contributed by atoms with Crippen LogP contribution in [0.1, 0.15) is 19.3 Å². The fourth-order valence-corrected chi connectivity index (χ4v) is 5.40. The lowest BCUT2D eigenvalue weighted by Gasteiger charge is -2.28. The number of hydrogen-bond acceptors (Lipinski definition) is 6. The van der Waals surface area contributed by atoms with E-state index in [2.05, 4.69) is 0 Å². The fraction of sp³-hybridized carbons (Fsp3) is 0.529. The van der Waals surface area contributed by atoms with Gasteiger partial charge in [-0.3, -0.25) is 9.59 Å². The third-order valence-electron chi connectivity index (χ3n) is 4.29. The Hall–Kier alpha value is -1.54. The van der Waals surface area contributed by atoms with Gasteiger partial charge in [-0.1, -0.05) is 18.2 Å². The number of rotatable bonds is 7. The molecule has 2 aliphatic rings. The van der Waals surface area contributed by atoms with Crippen LogP contribution in [0.2, 0.25) is 0 Å². The molecule has 2 fully saturated rings. The predicted octanol–water partition coefficient (Wildman–Crippen LogP) is 1.50. The second-order valence-electron chi connectivity index (χ2n) is 6.35. The van der Waals surface area contributed by atoms with Crippen LogP contribution in [0.3, 0.4) is 0 Å². The van der Waals surface area contributed by atoms with Crippen LogP contribution in [-0.4, -0.2) is 61.1 Å². The van der Waals surface area contributed by atoms with E-state index < -0.39 is 15.8 Å². The monoisotopic (exact) mass is 383 g/mol. The molecule has 1 saturated heterocycles. The highest BCUT2D eigenvalue weighted by atomic mass is 32.2. The average Bonchev–Trinajstić information content (AvgIpc) is 3.35. The molecule has 1 aromatic rings. The molecule has 6 nitrogen and oxygen atoms in total. The second kappa shape index (κ2) is 7.78. The first kappa shape index (κ1) is 18.3. The van der Waals surface area contributed by atoms with Crippen LogP contribution in [0.25, 0.3) is 0 Å². The van der Waals surface area contributed by atoms with Gasteiger partial charge in [-0.2, -0.15) is 0 Å². The van der Waals surface area contributed by atoms with E-state index in [9.17, 15) is 18.0 Å². The van der Waals surface area contributed by atoms with E-state index >= 15 is 0 Å². The van der Waals surface area contributed by atoms with Crippen LogP contribution in [0.15, 0.2) is 35.2 Å². The summed E-state index contributed by atoms with van der Waals surface area (Å²) in [7, 11) is -3.06. The van der Waals surface area contributed by atoms with Gasteiger partial charge in [0.25, 0.3) is 5.91 Å². The van der Waals surface area contributed by atoms with E-state index in [0.717, 1.165) is 17.7 Å². The Bertz CT molecular complexity index is 731. The quantitative estimate of drug-likeness (QED) is 0.524. The van der Waals surface area contributed by atoms with Gasteiger partial charge in [0.1, 0.15) is 0 Å². The zero-order valence-corrected chi connectivity index (χ0v) is 15.4. The van der Waals surface area contributed by atoms with Crippen molar-refractivity contribution < 1.29 is 22.7 Å². The van der Waals surface area contributed by atoms with Gasteiger partial charge < -0.3 is 9.64 Å². The summed E-state index contributed by atoms with van der Waals surface area (Å²) in [5, 5.41) is 0. The Morgan fingerprint density at radius 3 is 2.44 bits per heavy atom. The Morgan fingerprint density at radius 2 is 1.84 bits per heavy atom. The highest BCUT2D eigenvalue weighted by molar-refractivity contribution is 8.00. The first-order valence-electron chi connectivity index (χ1n) is 8.30. The average molecular weight is 383 g/mol. The summed E-state index contributed by atoms with van der Waals surface area (Å²) in [5.74, 6) is -0.451. The van der Waals surface area contributed by atoms with Crippen molar-refractivity contribution in [2.75, 3.05) is 23.9 Å². The van der Waals surface area contributed by atoms with Gasteiger partial charge in [-0.05, 0) is 31.4 Å². The minimum Gasteiger partial charge on any atom is -0.455 e. The predicted molar refractivity (Wildman–Crippen MR) is 95.1 cm³/mol. The molecular formula is C17H21NO5S2. The second-order valence-corrected chi connectivity index (χ2v) is 9.63. The molecule has 1 aliphatic heterocycles. The molecule has 1 saturated carbocycles. The van der Waals surface area contributed by atoms with Gasteiger partial charge in [0, 0.05) is 17.0 Å². The zero-order valence-electron chi connectivity index (χ0n) is 13.8. The van der Waals surface area contributed by atoms with Crippen LogP contribution >= 0.6 is 11.8 Å². The third-order valence-corrected chi connectivity index (χ3v) is 7.02. The summed E-state index contributed by atoms with van der Waals surface area (Å²) >= 11 is 1.35. The van der Waals surface area contributed by atoms with Crippen LogP contribution in [0.5, 0.6) is 0 Å². The van der Waals surface area contributed by atoms with Gasteiger partial charge in [-0.15, -0.1) is 11.8 Å². The Balaban J connectivity index is 1.48. The van der Waals surface area contributed by atoms with Crippen molar-refractivity contribution in [3.8, 4) is 0 Å². The van der Waals surface area contributed by atoms with Crippen LogP contribution < -0.4 is 0 Å². The van der Waals surface area contributed by atoms with Crippen LogP contribution in [0.4, 0.5) is 0 Å². The number of esters is 1. The molecule has 25 heavy (non-hydrogen) atoms. The summed E-state index contributed by atoms with van der Waals surface area (Å²) < 4.78 is 28.4. The molecule has 136 valence electrons. The molecular weight excluding hydrogens is 362 g/mol. The van der Waals surface area contributed by atoms with Gasteiger partial charge >= 0.3 is 5.97 Å². The first-order chi connectivity index (χ1) is 11.9. The zero-order chi connectivity index (χ0) is 17.9. The fourth-order valence-electron chi connectivity index (χ4n) is 2.97. The number of nitrogens with zero attached hydrogens (tertiary/aromatic N) is 1. The summed E-state index contributed by atoms with van der Waals surface area (Å²) in [6.07, 6.45) is 2.25. The summed E-state index contributed by atoms with van der Waals surface area (Å²) in [4.78, 5) is 26.9. The minimum absolute atomic E-state index is 0.0209. The first-order valence-corrected chi connectivity index (χ1v) is 11.1. The van der Waals surface area contributed by atoms with E-state index in [1.807, 2.05) is 30.3 Å². The van der Waals surface area contributed by atoms with Crippen LogP contribution in [-0.2, 0) is 24.2 Å². The van der Waals surface area contributed by atoms with Gasteiger partial charge in [0.2, 0.25) is 0 Å². The van der Waals surface area contributed by atoms with Crippen molar-refractivity contribution in [1.29, 1.82) is 0 Å². The lowest BCUT2D eigenvalue weighted by Crippen LogP contribution is -2.44. The van der Waals surface area contributed by atoms with Crippen molar-refractivity contribution in [3.05, 3.63) is 30.3 Å². The molecule has 8 heteroatoms. The molecule has 1 aromatic carbocycles. The smallest absolute Gasteiger partial charge is 0.316 e. The maximum absolute atomic E-state index is 12.4. The highest BCUT2D eigenvalue weighted by Gasteiger charge is 2.42. The van der Waals surface area contributed by atoms with Crippen LogP contribution in [0, 0.1) is 0 Å². The highest BCUT2D eigenvalue weighted by Crippen LogP contribution is 2.32. The van der Waals surface area contributed by atoms with E-state index in [1.165, 1.54) is 11.8 Å². The number of thioether (sulfide) groups is 1. The van der Waals surface area contributed by atoms with E-state index in [-0.39, 0.29) is 41.9 Å². The molecule has 3 rings (SSSR count). The number of sulfone groups is 1. The lowest BCUT2D eigenvalue weighted by molar-refractivity contribution is -0.151. The molecule has 0 unspecified atom stereocenters. The molecule has 0 bridgehead atoms. The van der Waals surface area contributed by atoms with Crippen molar-refractivity contribution in [3.63, 3.8) is 0 Å². The lowest BCUT2D eigenvalue weighted by atomic mass is 10.2. The number of ether oxygens (including phenoxy) is 1. The van der Waals surface area contributed by atoms with Crippen molar-refractivity contribution >= 4 is 33.5 Å². The van der Waals surface area contributed by atoms with Gasteiger partial charge in [0.05, 0.1) is 17.3 Å². The maximum Gasteiger partial charge on any atom is 0.316 e. The molecule has 0 N–H and O–H groups in total. The number of carbonyl (C=O) groups excluding carboxylic acids is 2. The minimum atomic E-state index is -3.06. The molecule has 1 heterocycles. The number of amides is 1. The SMILES string of the molecule is O=C(CSc1ccccc1)OCC(=O)N(C1CC1)[C@@H]1CCS(=O)(=O)C1. The largest absolute Gasteiger partial charge is 0.455 e. The van der Waals surface area contributed by atoms with E-state index in [1.54, 1.807) is 4.90 Å². The molecule has 0 spiro atoms.